The number of nitrogens with one attached hydrogen (secondary N) is 1. The number of aromatic nitrogens is 1. The van der Waals surface area contributed by atoms with Crippen LogP contribution in [0.1, 0.15) is 23.2 Å². The first-order valence-corrected chi connectivity index (χ1v) is 6.90. The van der Waals surface area contributed by atoms with Gasteiger partial charge in [-0.25, -0.2) is 4.98 Å². The number of hydrogen-bond donors (Lipinski definition) is 1. The van der Waals surface area contributed by atoms with Crippen molar-refractivity contribution < 1.29 is 18.0 Å². The van der Waals surface area contributed by atoms with E-state index in [0.29, 0.717) is 18.8 Å². The molecule has 1 aromatic rings. The summed E-state index contributed by atoms with van der Waals surface area (Å²) in [5.41, 5.74) is 0.196. The van der Waals surface area contributed by atoms with Gasteiger partial charge in [-0.3, -0.25) is 4.79 Å². The van der Waals surface area contributed by atoms with E-state index in [1.807, 2.05) is 0 Å². The minimum atomic E-state index is -4.27. The zero-order valence-electron chi connectivity index (χ0n) is 11.4. The Kier molecular flexibility index (Phi) is 4.61. The number of piperidine rings is 1. The van der Waals surface area contributed by atoms with E-state index >= 15 is 0 Å². The van der Waals surface area contributed by atoms with Gasteiger partial charge in [-0.1, -0.05) is 11.6 Å². The summed E-state index contributed by atoms with van der Waals surface area (Å²) in [4.78, 5) is 17.4. The maximum Gasteiger partial charge on any atom is 0.393 e. The van der Waals surface area contributed by atoms with Gasteiger partial charge >= 0.3 is 6.18 Å². The molecule has 1 saturated heterocycles. The number of anilines is 1. The first-order chi connectivity index (χ1) is 9.82. The SMILES string of the molecule is CNc1ncc(C(=O)N2CCCC(C(F)(F)F)C2)cc1Cl. The predicted molar refractivity (Wildman–Crippen MR) is 73.5 cm³/mol. The lowest BCUT2D eigenvalue weighted by molar-refractivity contribution is -0.184. The molecule has 1 N–H and O–H groups in total. The third-order valence-electron chi connectivity index (χ3n) is 3.50. The number of alkyl halides is 3. The molecule has 0 aromatic carbocycles. The van der Waals surface area contributed by atoms with Crippen molar-refractivity contribution in [2.75, 3.05) is 25.5 Å². The molecule has 4 nitrogen and oxygen atoms in total. The highest BCUT2D eigenvalue weighted by Crippen LogP contribution is 2.33. The minimum Gasteiger partial charge on any atom is -0.372 e. The van der Waals surface area contributed by atoms with Crippen LogP contribution in [0.5, 0.6) is 0 Å². The molecule has 2 heterocycles. The summed E-state index contributed by atoms with van der Waals surface area (Å²) in [6.07, 6.45) is -2.56. The summed E-state index contributed by atoms with van der Waals surface area (Å²) in [6.45, 7) is 0.00451. The molecule has 116 valence electrons. The highest BCUT2D eigenvalue weighted by molar-refractivity contribution is 6.33. The molecule has 21 heavy (non-hydrogen) atoms. The Bertz CT molecular complexity index is 536. The quantitative estimate of drug-likeness (QED) is 0.910. The van der Waals surface area contributed by atoms with E-state index in [0.717, 1.165) is 0 Å². The van der Waals surface area contributed by atoms with Crippen LogP contribution >= 0.6 is 11.6 Å². The smallest absolute Gasteiger partial charge is 0.372 e. The normalized spacial score (nSPS) is 19.5. The highest BCUT2D eigenvalue weighted by Gasteiger charge is 2.42. The Morgan fingerprint density at radius 3 is 2.81 bits per heavy atom. The number of nitrogens with zero attached hydrogens (tertiary/aromatic N) is 2. The molecule has 8 heteroatoms. The molecule has 1 amide bonds. The zero-order valence-corrected chi connectivity index (χ0v) is 12.1. The number of carbonyl (C=O) groups is 1. The second-order valence-electron chi connectivity index (χ2n) is 4.94. The number of likely N-dealkylation sites (tertiary alicyclic amines) is 1. The minimum absolute atomic E-state index is 0.0605. The number of rotatable bonds is 2. The fourth-order valence-electron chi connectivity index (χ4n) is 2.35. The molecule has 0 aliphatic carbocycles. The molecule has 0 spiro atoms. The molecule has 0 bridgehead atoms. The molecule has 1 fully saturated rings. The van der Waals surface area contributed by atoms with Crippen molar-refractivity contribution >= 4 is 23.3 Å². The average Bonchev–Trinajstić information content (AvgIpc) is 2.45. The lowest BCUT2D eigenvalue weighted by Gasteiger charge is -2.33. The Balaban J connectivity index is 2.14. The van der Waals surface area contributed by atoms with E-state index < -0.39 is 18.0 Å². The van der Waals surface area contributed by atoms with Gasteiger partial charge in [0.05, 0.1) is 16.5 Å². The van der Waals surface area contributed by atoms with Crippen molar-refractivity contribution in [3.05, 3.63) is 22.8 Å². The largest absolute Gasteiger partial charge is 0.393 e. The zero-order chi connectivity index (χ0) is 15.6. The summed E-state index contributed by atoms with van der Waals surface area (Å²) in [5, 5.41) is 3.01. The average molecular weight is 322 g/mol. The van der Waals surface area contributed by atoms with Gasteiger partial charge in [0.15, 0.2) is 0 Å². The fraction of sp³-hybridized carbons (Fsp3) is 0.538. The lowest BCUT2D eigenvalue weighted by Crippen LogP contribution is -2.44. The summed E-state index contributed by atoms with van der Waals surface area (Å²) < 4.78 is 38.3. The topological polar surface area (TPSA) is 45.2 Å². The highest BCUT2D eigenvalue weighted by atomic mass is 35.5. The molecule has 1 atom stereocenters. The van der Waals surface area contributed by atoms with E-state index in [-0.39, 0.29) is 23.6 Å². The van der Waals surface area contributed by atoms with E-state index in [1.54, 1.807) is 7.05 Å². The van der Waals surface area contributed by atoms with Crippen LogP contribution in [-0.4, -0.2) is 42.1 Å². The third kappa shape index (κ3) is 3.58. The number of amides is 1. The molecular formula is C13H15ClF3N3O. The van der Waals surface area contributed by atoms with Crippen LogP contribution in [0.2, 0.25) is 5.02 Å². The first kappa shape index (κ1) is 15.9. The monoisotopic (exact) mass is 321 g/mol. The van der Waals surface area contributed by atoms with E-state index in [4.69, 9.17) is 11.6 Å². The molecular weight excluding hydrogens is 307 g/mol. The summed E-state index contributed by atoms with van der Waals surface area (Å²) in [7, 11) is 1.63. The van der Waals surface area contributed by atoms with Crippen LogP contribution in [-0.2, 0) is 0 Å². The Labute approximate surface area is 125 Å². The molecule has 0 saturated carbocycles. The van der Waals surface area contributed by atoms with Crippen molar-refractivity contribution in [1.29, 1.82) is 0 Å². The Morgan fingerprint density at radius 2 is 2.24 bits per heavy atom. The Hall–Kier alpha value is -1.50. The molecule has 1 unspecified atom stereocenters. The van der Waals surface area contributed by atoms with Crippen LogP contribution in [0.15, 0.2) is 12.3 Å². The van der Waals surface area contributed by atoms with Crippen LogP contribution in [0.25, 0.3) is 0 Å². The fourth-order valence-corrected chi connectivity index (χ4v) is 2.61. The Morgan fingerprint density at radius 1 is 1.52 bits per heavy atom. The first-order valence-electron chi connectivity index (χ1n) is 6.52. The van der Waals surface area contributed by atoms with E-state index in [2.05, 4.69) is 10.3 Å². The van der Waals surface area contributed by atoms with Gasteiger partial charge in [0, 0.05) is 26.3 Å². The van der Waals surface area contributed by atoms with Gasteiger partial charge in [-0.2, -0.15) is 13.2 Å². The maximum atomic E-state index is 12.8. The number of carbonyl (C=O) groups excluding carboxylic acids is 1. The molecule has 1 aliphatic heterocycles. The van der Waals surface area contributed by atoms with Crippen molar-refractivity contribution in [3.8, 4) is 0 Å². The van der Waals surface area contributed by atoms with Crippen LogP contribution in [0.3, 0.4) is 0 Å². The second kappa shape index (κ2) is 6.09. The predicted octanol–water partition coefficient (Wildman–Crippen LogP) is 3.19. The van der Waals surface area contributed by atoms with Crippen molar-refractivity contribution in [2.24, 2.45) is 5.92 Å². The lowest BCUT2D eigenvalue weighted by atomic mass is 9.97. The number of halogens is 4. The van der Waals surface area contributed by atoms with Crippen LogP contribution in [0.4, 0.5) is 19.0 Å². The van der Waals surface area contributed by atoms with Crippen molar-refractivity contribution in [1.82, 2.24) is 9.88 Å². The molecule has 0 radical (unpaired) electrons. The molecule has 1 aliphatic rings. The van der Waals surface area contributed by atoms with Crippen molar-refractivity contribution in [2.45, 2.75) is 19.0 Å². The molecule has 1 aromatic heterocycles. The van der Waals surface area contributed by atoms with Gasteiger partial charge in [0.2, 0.25) is 0 Å². The van der Waals surface area contributed by atoms with Gasteiger partial charge in [0.1, 0.15) is 5.82 Å². The van der Waals surface area contributed by atoms with E-state index in [9.17, 15) is 18.0 Å². The number of pyridine rings is 1. The standard InChI is InChI=1S/C13H15ClF3N3O/c1-18-11-10(14)5-8(6-19-11)12(21)20-4-2-3-9(7-20)13(15,16)17/h5-6,9H,2-4,7H2,1H3,(H,18,19). The van der Waals surface area contributed by atoms with Gasteiger partial charge in [0.25, 0.3) is 5.91 Å². The second-order valence-corrected chi connectivity index (χ2v) is 5.34. The summed E-state index contributed by atoms with van der Waals surface area (Å²) >= 11 is 5.94. The van der Waals surface area contributed by atoms with Gasteiger partial charge in [-0.05, 0) is 18.9 Å². The van der Waals surface area contributed by atoms with Crippen LogP contribution < -0.4 is 5.32 Å². The van der Waals surface area contributed by atoms with Gasteiger partial charge in [-0.15, -0.1) is 0 Å². The summed E-state index contributed by atoms with van der Waals surface area (Å²) in [6, 6.07) is 1.42. The van der Waals surface area contributed by atoms with Crippen molar-refractivity contribution in [3.63, 3.8) is 0 Å². The maximum absolute atomic E-state index is 12.8. The van der Waals surface area contributed by atoms with Gasteiger partial charge < -0.3 is 10.2 Å². The number of hydrogen-bond acceptors (Lipinski definition) is 3. The molecule has 2 rings (SSSR count). The third-order valence-corrected chi connectivity index (χ3v) is 3.78. The van der Waals surface area contributed by atoms with E-state index in [1.165, 1.54) is 17.2 Å². The van der Waals surface area contributed by atoms with Crippen LogP contribution in [0, 0.1) is 5.92 Å². The summed E-state index contributed by atoms with van der Waals surface area (Å²) in [5.74, 6) is -1.52.